The van der Waals surface area contributed by atoms with Crippen LogP contribution in [0.4, 0.5) is 0 Å². The second kappa shape index (κ2) is 4.33. The highest BCUT2D eigenvalue weighted by molar-refractivity contribution is 5.69. The van der Waals surface area contributed by atoms with E-state index in [1.807, 2.05) is 6.92 Å². The van der Waals surface area contributed by atoms with E-state index in [0.29, 0.717) is 18.9 Å². The fourth-order valence-corrected chi connectivity index (χ4v) is 3.27. The smallest absolute Gasteiger partial charge is 0.306 e. The van der Waals surface area contributed by atoms with Gasteiger partial charge in [0.25, 0.3) is 0 Å². The highest BCUT2D eigenvalue weighted by atomic mass is 16.5. The molecule has 0 aliphatic heterocycles. The van der Waals surface area contributed by atoms with E-state index in [1.165, 1.54) is 32.1 Å². The predicted octanol–water partition coefficient (Wildman–Crippen LogP) is 2.77. The van der Waals surface area contributed by atoms with Gasteiger partial charge in [0, 0.05) is 6.42 Å². The van der Waals surface area contributed by atoms with Crippen LogP contribution in [0.3, 0.4) is 0 Å². The Morgan fingerprint density at radius 1 is 1.21 bits per heavy atom. The molecule has 0 aromatic rings. The predicted molar refractivity (Wildman–Crippen MR) is 54.8 cm³/mol. The molecule has 14 heavy (non-hydrogen) atoms. The molecular weight excluding hydrogens is 176 g/mol. The van der Waals surface area contributed by atoms with E-state index in [9.17, 15) is 4.79 Å². The second-order valence-corrected chi connectivity index (χ2v) is 4.89. The van der Waals surface area contributed by atoms with Crippen LogP contribution in [0.1, 0.15) is 45.4 Å². The third-order valence-electron chi connectivity index (χ3n) is 3.74. The summed E-state index contributed by atoms with van der Waals surface area (Å²) in [6.07, 6.45) is 7.46. The van der Waals surface area contributed by atoms with Gasteiger partial charge in [-0.1, -0.05) is 12.8 Å². The molecular formula is C12H20O2. The number of carbonyl (C=O) groups excluding carboxylic acids is 1. The zero-order chi connectivity index (χ0) is 9.97. The van der Waals surface area contributed by atoms with E-state index in [1.54, 1.807) is 0 Å². The van der Waals surface area contributed by atoms with Gasteiger partial charge in [-0.05, 0) is 43.9 Å². The van der Waals surface area contributed by atoms with Gasteiger partial charge in [-0.15, -0.1) is 0 Å². The minimum Gasteiger partial charge on any atom is -0.466 e. The first kappa shape index (κ1) is 10.0. The minimum atomic E-state index is 0.0128. The van der Waals surface area contributed by atoms with Crippen molar-refractivity contribution in [3.63, 3.8) is 0 Å². The van der Waals surface area contributed by atoms with Crippen molar-refractivity contribution < 1.29 is 9.53 Å². The molecule has 0 amide bonds. The van der Waals surface area contributed by atoms with Crippen LogP contribution < -0.4 is 0 Å². The molecule has 2 rings (SSSR count). The SMILES string of the molecule is CCOC(=O)CC1CC2CCC(C2)C1. The number of hydrogen-bond donors (Lipinski definition) is 0. The molecule has 2 saturated carbocycles. The normalized spacial score (nSPS) is 35.6. The number of esters is 1. The van der Waals surface area contributed by atoms with E-state index in [2.05, 4.69) is 0 Å². The van der Waals surface area contributed by atoms with Crippen molar-refractivity contribution in [1.29, 1.82) is 0 Å². The second-order valence-electron chi connectivity index (χ2n) is 4.89. The van der Waals surface area contributed by atoms with Crippen LogP contribution in [0.2, 0.25) is 0 Å². The highest BCUT2D eigenvalue weighted by Crippen LogP contribution is 2.45. The lowest BCUT2D eigenvalue weighted by atomic mass is 9.79. The van der Waals surface area contributed by atoms with Crippen molar-refractivity contribution >= 4 is 5.97 Å². The Morgan fingerprint density at radius 2 is 1.86 bits per heavy atom. The molecule has 2 aliphatic rings. The largest absolute Gasteiger partial charge is 0.466 e. The maximum atomic E-state index is 11.3. The lowest BCUT2D eigenvalue weighted by molar-refractivity contribution is -0.144. The Morgan fingerprint density at radius 3 is 2.43 bits per heavy atom. The molecule has 2 atom stereocenters. The number of carbonyl (C=O) groups is 1. The fraction of sp³-hybridized carbons (Fsp3) is 0.917. The van der Waals surface area contributed by atoms with Crippen LogP contribution >= 0.6 is 0 Å². The maximum absolute atomic E-state index is 11.3. The first-order valence-corrected chi connectivity index (χ1v) is 5.93. The number of hydrogen-bond acceptors (Lipinski definition) is 2. The van der Waals surface area contributed by atoms with Gasteiger partial charge >= 0.3 is 5.97 Å². The van der Waals surface area contributed by atoms with E-state index >= 15 is 0 Å². The molecule has 0 saturated heterocycles. The fourth-order valence-electron chi connectivity index (χ4n) is 3.27. The molecule has 80 valence electrons. The third kappa shape index (κ3) is 2.28. The van der Waals surface area contributed by atoms with Gasteiger partial charge in [-0.2, -0.15) is 0 Å². The van der Waals surface area contributed by atoms with Crippen molar-refractivity contribution in [2.75, 3.05) is 6.61 Å². The Hall–Kier alpha value is -0.530. The topological polar surface area (TPSA) is 26.3 Å². The lowest BCUT2D eigenvalue weighted by Crippen LogP contribution is -2.19. The van der Waals surface area contributed by atoms with Gasteiger partial charge in [0.2, 0.25) is 0 Å². The average Bonchev–Trinajstić information content (AvgIpc) is 2.46. The lowest BCUT2D eigenvalue weighted by Gasteiger charge is -2.26. The maximum Gasteiger partial charge on any atom is 0.306 e. The molecule has 0 aromatic heterocycles. The third-order valence-corrected chi connectivity index (χ3v) is 3.74. The molecule has 0 spiro atoms. The highest BCUT2D eigenvalue weighted by Gasteiger charge is 2.34. The molecule has 0 heterocycles. The molecule has 2 heteroatoms. The average molecular weight is 196 g/mol. The summed E-state index contributed by atoms with van der Waals surface area (Å²) in [5.41, 5.74) is 0. The first-order chi connectivity index (χ1) is 6.78. The van der Waals surface area contributed by atoms with Gasteiger partial charge < -0.3 is 4.74 Å². The summed E-state index contributed by atoms with van der Waals surface area (Å²) < 4.78 is 5.00. The van der Waals surface area contributed by atoms with Crippen LogP contribution in [0.15, 0.2) is 0 Å². The zero-order valence-electron chi connectivity index (χ0n) is 9.00. The molecule has 2 bridgehead atoms. The summed E-state index contributed by atoms with van der Waals surface area (Å²) in [5, 5.41) is 0. The molecule has 0 radical (unpaired) electrons. The molecule has 2 nitrogen and oxygen atoms in total. The summed E-state index contributed by atoms with van der Waals surface area (Å²) in [5.74, 6) is 2.49. The first-order valence-electron chi connectivity index (χ1n) is 5.93. The van der Waals surface area contributed by atoms with Crippen molar-refractivity contribution in [3.8, 4) is 0 Å². The standard InChI is InChI=1S/C12H20O2/c1-2-14-12(13)8-11-6-9-3-4-10(5-9)7-11/h9-11H,2-8H2,1H3. The summed E-state index contributed by atoms with van der Waals surface area (Å²) in [4.78, 5) is 11.3. The molecule has 0 N–H and O–H groups in total. The van der Waals surface area contributed by atoms with Crippen LogP contribution in [-0.4, -0.2) is 12.6 Å². The van der Waals surface area contributed by atoms with Crippen LogP contribution in [0, 0.1) is 17.8 Å². The monoisotopic (exact) mass is 196 g/mol. The number of fused-ring (bicyclic) bond motifs is 2. The van der Waals surface area contributed by atoms with E-state index in [0.717, 1.165) is 11.8 Å². The van der Waals surface area contributed by atoms with Gasteiger partial charge in [0.05, 0.1) is 6.61 Å². The molecule has 2 aliphatic carbocycles. The van der Waals surface area contributed by atoms with E-state index in [4.69, 9.17) is 4.74 Å². The van der Waals surface area contributed by atoms with Gasteiger partial charge in [0.15, 0.2) is 0 Å². The summed E-state index contributed by atoms with van der Waals surface area (Å²) in [7, 11) is 0. The van der Waals surface area contributed by atoms with E-state index < -0.39 is 0 Å². The van der Waals surface area contributed by atoms with Crippen molar-refractivity contribution in [2.24, 2.45) is 17.8 Å². The van der Waals surface area contributed by atoms with Crippen LogP contribution in [0.5, 0.6) is 0 Å². The van der Waals surface area contributed by atoms with Crippen molar-refractivity contribution in [3.05, 3.63) is 0 Å². The van der Waals surface area contributed by atoms with Gasteiger partial charge in [-0.25, -0.2) is 0 Å². The molecule has 2 fully saturated rings. The molecule has 2 unspecified atom stereocenters. The van der Waals surface area contributed by atoms with Gasteiger partial charge in [-0.3, -0.25) is 4.79 Å². The Labute approximate surface area is 86.0 Å². The number of rotatable bonds is 3. The zero-order valence-corrected chi connectivity index (χ0v) is 9.00. The van der Waals surface area contributed by atoms with E-state index in [-0.39, 0.29) is 5.97 Å². The Kier molecular flexibility index (Phi) is 3.09. The quantitative estimate of drug-likeness (QED) is 0.649. The van der Waals surface area contributed by atoms with Gasteiger partial charge in [0.1, 0.15) is 0 Å². The van der Waals surface area contributed by atoms with Crippen molar-refractivity contribution in [2.45, 2.75) is 45.4 Å². The molecule has 0 aromatic carbocycles. The van der Waals surface area contributed by atoms with Crippen LogP contribution in [0.25, 0.3) is 0 Å². The number of ether oxygens (including phenoxy) is 1. The van der Waals surface area contributed by atoms with Crippen molar-refractivity contribution in [1.82, 2.24) is 0 Å². The summed E-state index contributed by atoms with van der Waals surface area (Å²) in [6, 6.07) is 0. The Balaban J connectivity index is 1.79. The van der Waals surface area contributed by atoms with Crippen LogP contribution in [-0.2, 0) is 9.53 Å². The summed E-state index contributed by atoms with van der Waals surface area (Å²) >= 11 is 0. The summed E-state index contributed by atoms with van der Waals surface area (Å²) in [6.45, 7) is 2.40. The minimum absolute atomic E-state index is 0.0128. The Bertz CT molecular complexity index is 200.